The molecule has 1 N–H and O–H groups in total. The molecule has 2 aliphatic heterocycles. The lowest BCUT2D eigenvalue weighted by atomic mass is 10.00. The molecule has 0 spiro atoms. The van der Waals surface area contributed by atoms with E-state index in [0.29, 0.717) is 0 Å². The lowest BCUT2D eigenvalue weighted by Gasteiger charge is -2.26. The van der Waals surface area contributed by atoms with Gasteiger partial charge in [-0.1, -0.05) is 24.3 Å². The molecule has 0 aromatic heterocycles. The predicted octanol–water partition coefficient (Wildman–Crippen LogP) is 0.767. The van der Waals surface area contributed by atoms with Gasteiger partial charge in [-0.15, -0.1) is 0 Å². The van der Waals surface area contributed by atoms with Crippen LogP contribution in [0.1, 0.15) is 11.1 Å². The Kier molecular flexibility index (Phi) is 1.40. The molecule has 0 saturated heterocycles. The second kappa shape index (κ2) is 2.57. The zero-order chi connectivity index (χ0) is 8.67. The summed E-state index contributed by atoms with van der Waals surface area (Å²) in [6.45, 7) is 1.76. The van der Waals surface area contributed by atoms with E-state index in [2.05, 4.69) is 39.7 Å². The van der Waals surface area contributed by atoms with Gasteiger partial charge in [0.15, 0.2) is 0 Å². The van der Waals surface area contributed by atoms with Gasteiger partial charge in [0.1, 0.15) is 12.5 Å². The highest BCUT2D eigenvalue weighted by atomic mass is 15.6. The van der Waals surface area contributed by atoms with Crippen LogP contribution in [0, 0.1) is 0 Å². The smallest absolute Gasteiger partial charge is 0.147 e. The summed E-state index contributed by atoms with van der Waals surface area (Å²) in [4.78, 5) is 4.43. The van der Waals surface area contributed by atoms with Gasteiger partial charge in [0, 0.05) is 12.1 Å². The maximum absolute atomic E-state index is 4.43. The Hall–Kier alpha value is -1.35. The van der Waals surface area contributed by atoms with E-state index in [0.717, 1.165) is 25.5 Å². The topological polar surface area (TPSA) is 27.6 Å². The van der Waals surface area contributed by atoms with Crippen LogP contribution in [0.5, 0.6) is 0 Å². The number of aliphatic imine (C=N–C) groups is 1. The van der Waals surface area contributed by atoms with Crippen molar-refractivity contribution in [3.63, 3.8) is 0 Å². The lowest BCUT2D eigenvalue weighted by molar-refractivity contribution is 0.339. The molecule has 0 bridgehead atoms. The molecule has 3 heteroatoms. The molecule has 1 aromatic carbocycles. The van der Waals surface area contributed by atoms with Gasteiger partial charge in [-0.3, -0.25) is 5.01 Å². The molecule has 0 aliphatic carbocycles. The van der Waals surface area contributed by atoms with Crippen LogP contribution in [-0.4, -0.2) is 24.1 Å². The highest BCUT2D eigenvalue weighted by molar-refractivity contribution is 6.01. The average molecular weight is 173 g/mol. The first-order valence-electron chi connectivity index (χ1n) is 4.59. The molecule has 2 aliphatic rings. The molecule has 3 rings (SSSR count). The van der Waals surface area contributed by atoms with E-state index in [-0.39, 0.29) is 0 Å². The molecule has 0 saturated carbocycles. The Bertz CT molecular complexity index is 370. The number of benzene rings is 1. The van der Waals surface area contributed by atoms with E-state index in [1.54, 1.807) is 0 Å². The highest BCUT2D eigenvalue weighted by Gasteiger charge is 2.24. The molecule has 0 unspecified atom stereocenters. The minimum atomic E-state index is 0.726. The van der Waals surface area contributed by atoms with Gasteiger partial charge in [-0.25, -0.2) is 10.4 Å². The van der Waals surface area contributed by atoms with Crippen LogP contribution < -0.4 is 5.43 Å². The number of nitrogens with one attached hydrogen (secondary N) is 1. The first kappa shape index (κ1) is 7.09. The molecule has 3 nitrogen and oxygen atoms in total. The molecule has 66 valence electrons. The summed E-state index contributed by atoms with van der Waals surface area (Å²) in [5.41, 5.74) is 5.94. The molecule has 0 amide bonds. The fraction of sp³-hybridized carbons (Fsp3) is 0.300. The third kappa shape index (κ3) is 0.971. The number of fused-ring (bicyclic) bond motifs is 3. The van der Waals surface area contributed by atoms with E-state index in [4.69, 9.17) is 0 Å². The minimum absolute atomic E-state index is 0.726. The van der Waals surface area contributed by atoms with Crippen molar-refractivity contribution in [2.24, 2.45) is 4.99 Å². The monoisotopic (exact) mass is 173 g/mol. The minimum Gasteiger partial charge on any atom is -0.290 e. The van der Waals surface area contributed by atoms with E-state index < -0.39 is 0 Å². The fourth-order valence-electron chi connectivity index (χ4n) is 1.96. The summed E-state index contributed by atoms with van der Waals surface area (Å²) in [5, 5.41) is 2.14. The predicted molar refractivity (Wildman–Crippen MR) is 51.4 cm³/mol. The Morgan fingerprint density at radius 1 is 1.31 bits per heavy atom. The third-order valence-corrected chi connectivity index (χ3v) is 2.61. The first-order valence-corrected chi connectivity index (χ1v) is 4.59. The van der Waals surface area contributed by atoms with Crippen molar-refractivity contribution in [3.05, 3.63) is 35.4 Å². The highest BCUT2D eigenvalue weighted by Crippen LogP contribution is 2.19. The van der Waals surface area contributed by atoms with Crippen LogP contribution in [0.3, 0.4) is 0 Å². The van der Waals surface area contributed by atoms with Gasteiger partial charge in [0.05, 0.1) is 0 Å². The van der Waals surface area contributed by atoms with Gasteiger partial charge in [0.2, 0.25) is 0 Å². The Balaban J connectivity index is 2.15. The van der Waals surface area contributed by atoms with Crippen molar-refractivity contribution >= 4 is 5.84 Å². The van der Waals surface area contributed by atoms with Crippen molar-refractivity contribution < 1.29 is 0 Å². The van der Waals surface area contributed by atoms with Crippen LogP contribution >= 0.6 is 0 Å². The first-order chi connectivity index (χ1) is 6.45. The summed E-state index contributed by atoms with van der Waals surface area (Å²) in [6.07, 6.45) is 1.11. The van der Waals surface area contributed by atoms with E-state index >= 15 is 0 Å². The van der Waals surface area contributed by atoms with E-state index in [1.165, 1.54) is 11.1 Å². The molecular weight excluding hydrogens is 162 g/mol. The molecule has 1 aromatic rings. The summed E-state index contributed by atoms with van der Waals surface area (Å²) >= 11 is 0. The van der Waals surface area contributed by atoms with Gasteiger partial charge in [0.25, 0.3) is 0 Å². The van der Waals surface area contributed by atoms with Crippen LogP contribution in [-0.2, 0) is 6.42 Å². The zero-order valence-electron chi connectivity index (χ0n) is 7.33. The number of nitrogens with zero attached hydrogens (tertiary/aromatic N) is 2. The summed E-state index contributed by atoms with van der Waals surface area (Å²) in [7, 11) is 0. The number of hydrogen-bond acceptors (Lipinski definition) is 3. The largest absolute Gasteiger partial charge is 0.290 e. The van der Waals surface area contributed by atoms with E-state index in [1.807, 2.05) is 0 Å². The maximum atomic E-state index is 4.43. The number of amidine groups is 1. The SMILES string of the molecule is c1ccc2c(c1)CCN1NCN=C21. The second-order valence-electron chi connectivity index (χ2n) is 3.36. The third-order valence-electron chi connectivity index (χ3n) is 2.61. The maximum Gasteiger partial charge on any atom is 0.147 e. The number of hydrazine groups is 1. The van der Waals surface area contributed by atoms with Crippen LogP contribution in [0.4, 0.5) is 0 Å². The van der Waals surface area contributed by atoms with Crippen molar-refractivity contribution in [2.45, 2.75) is 6.42 Å². The van der Waals surface area contributed by atoms with Gasteiger partial charge >= 0.3 is 0 Å². The van der Waals surface area contributed by atoms with Crippen LogP contribution in [0.25, 0.3) is 0 Å². The average Bonchev–Trinajstić information content (AvgIpc) is 2.65. The number of hydrogen-bond donors (Lipinski definition) is 1. The van der Waals surface area contributed by atoms with Crippen LogP contribution in [0.15, 0.2) is 29.3 Å². The molecular formula is C10H11N3. The normalized spacial score (nSPS) is 19.4. The Morgan fingerprint density at radius 3 is 3.23 bits per heavy atom. The summed E-state index contributed by atoms with van der Waals surface area (Å²) in [5.74, 6) is 1.11. The van der Waals surface area contributed by atoms with Crippen molar-refractivity contribution in [2.75, 3.05) is 13.2 Å². The quantitative estimate of drug-likeness (QED) is 0.627. The standard InChI is InChI=1S/C10H11N3/c1-2-4-9-8(3-1)5-6-13-10(9)11-7-12-13/h1-4,12H,5-7H2. The molecule has 2 heterocycles. The van der Waals surface area contributed by atoms with Crippen LogP contribution in [0.2, 0.25) is 0 Å². The van der Waals surface area contributed by atoms with Crippen molar-refractivity contribution in [1.82, 2.24) is 10.4 Å². The van der Waals surface area contributed by atoms with E-state index in [9.17, 15) is 0 Å². The molecule has 0 fully saturated rings. The Labute approximate surface area is 77.1 Å². The molecule has 0 atom stereocenters. The number of rotatable bonds is 0. The second-order valence-corrected chi connectivity index (χ2v) is 3.36. The molecule has 0 radical (unpaired) electrons. The van der Waals surface area contributed by atoms with Gasteiger partial charge in [-0.05, 0) is 12.0 Å². The van der Waals surface area contributed by atoms with Gasteiger partial charge in [-0.2, -0.15) is 0 Å². The van der Waals surface area contributed by atoms with Crippen molar-refractivity contribution in [3.8, 4) is 0 Å². The fourth-order valence-corrected chi connectivity index (χ4v) is 1.96. The van der Waals surface area contributed by atoms with Gasteiger partial charge < -0.3 is 0 Å². The lowest BCUT2D eigenvalue weighted by Crippen LogP contribution is -2.42. The molecule has 13 heavy (non-hydrogen) atoms. The zero-order valence-corrected chi connectivity index (χ0v) is 7.33. The van der Waals surface area contributed by atoms with Crippen molar-refractivity contribution in [1.29, 1.82) is 0 Å². The summed E-state index contributed by atoms with van der Waals surface area (Å²) < 4.78 is 0. The summed E-state index contributed by atoms with van der Waals surface area (Å²) in [6, 6.07) is 8.50. The Morgan fingerprint density at radius 2 is 2.23 bits per heavy atom.